The van der Waals surface area contributed by atoms with Crippen LogP contribution >= 0.6 is 11.8 Å². The lowest BCUT2D eigenvalue weighted by atomic mass is 10.2. The first-order valence-corrected chi connectivity index (χ1v) is 8.71. The molecule has 0 aliphatic carbocycles. The van der Waals surface area contributed by atoms with E-state index in [0.29, 0.717) is 23.8 Å². The minimum atomic E-state index is -0.471. The highest BCUT2D eigenvalue weighted by atomic mass is 32.2. The van der Waals surface area contributed by atoms with Crippen molar-refractivity contribution in [2.24, 2.45) is 0 Å². The van der Waals surface area contributed by atoms with Crippen LogP contribution in [0.3, 0.4) is 0 Å². The summed E-state index contributed by atoms with van der Waals surface area (Å²) in [6, 6.07) is 1.38. The molecule has 132 valence electrons. The van der Waals surface area contributed by atoms with Crippen LogP contribution in [0.2, 0.25) is 0 Å². The Morgan fingerprint density at radius 1 is 1.09 bits per heavy atom. The Labute approximate surface area is 143 Å². The molecule has 0 aromatic rings. The lowest BCUT2D eigenvalue weighted by Crippen LogP contribution is -2.36. The van der Waals surface area contributed by atoms with Crippen molar-refractivity contribution < 1.29 is 19.2 Å². The van der Waals surface area contributed by atoms with Crippen LogP contribution in [0.25, 0.3) is 0 Å². The van der Waals surface area contributed by atoms with Gasteiger partial charge in [-0.2, -0.15) is 0 Å². The zero-order valence-corrected chi connectivity index (χ0v) is 15.7. The van der Waals surface area contributed by atoms with E-state index in [1.165, 1.54) is 6.92 Å². The van der Waals surface area contributed by atoms with Gasteiger partial charge in [-0.05, 0) is 46.0 Å². The van der Waals surface area contributed by atoms with Gasteiger partial charge >= 0.3 is 0 Å². The first-order valence-electron chi connectivity index (χ1n) is 7.90. The van der Waals surface area contributed by atoms with E-state index in [1.54, 1.807) is 0 Å². The van der Waals surface area contributed by atoms with Gasteiger partial charge in [-0.3, -0.25) is 29.0 Å². The van der Waals surface area contributed by atoms with Crippen LogP contribution in [0, 0.1) is 0 Å². The van der Waals surface area contributed by atoms with Crippen LogP contribution < -0.4 is 0 Å². The van der Waals surface area contributed by atoms with Gasteiger partial charge in [0.2, 0.25) is 16.9 Å². The second-order valence-corrected chi connectivity index (χ2v) is 7.09. The largest absolute Gasteiger partial charge is 0.299 e. The summed E-state index contributed by atoms with van der Waals surface area (Å²) in [4.78, 5) is 47.1. The third-order valence-corrected chi connectivity index (χ3v) is 4.04. The monoisotopic (exact) mass is 344 g/mol. The summed E-state index contributed by atoms with van der Waals surface area (Å²) in [5, 5.41) is -0.810. The highest BCUT2D eigenvalue weighted by Crippen LogP contribution is 2.13. The van der Waals surface area contributed by atoms with Crippen molar-refractivity contribution in [1.29, 1.82) is 0 Å². The van der Waals surface area contributed by atoms with Crippen molar-refractivity contribution >= 4 is 33.8 Å². The number of imide groups is 1. The number of rotatable bonds is 5. The zero-order chi connectivity index (χ0) is 18.2. The van der Waals surface area contributed by atoms with Crippen molar-refractivity contribution in [3.63, 3.8) is 0 Å². The molecule has 0 unspecified atom stereocenters. The molecule has 1 rings (SSSR count). The van der Waals surface area contributed by atoms with Crippen LogP contribution in [-0.4, -0.2) is 57.0 Å². The molecular formula is C16H28N2O4S. The fourth-order valence-electron chi connectivity index (χ4n) is 2.45. The predicted molar refractivity (Wildman–Crippen MR) is 91.9 cm³/mol. The van der Waals surface area contributed by atoms with Gasteiger partial charge in [0, 0.05) is 31.8 Å². The first kappa shape index (κ1) is 21.8. The summed E-state index contributed by atoms with van der Waals surface area (Å²) in [5.74, 6) is -0.681. The number of carbonyl (C=O) groups excluding carboxylic acids is 4. The maximum Gasteiger partial charge on any atom is 0.230 e. The molecule has 0 aromatic carbocycles. The third kappa shape index (κ3) is 8.27. The smallest absolute Gasteiger partial charge is 0.230 e. The first-order chi connectivity index (χ1) is 10.6. The van der Waals surface area contributed by atoms with E-state index in [9.17, 15) is 19.2 Å². The van der Waals surface area contributed by atoms with Gasteiger partial charge in [-0.1, -0.05) is 6.92 Å². The number of likely N-dealkylation sites (tertiary alicyclic amines) is 1. The summed E-state index contributed by atoms with van der Waals surface area (Å²) in [7, 11) is 0. The number of hydrogen-bond donors (Lipinski definition) is 0. The van der Waals surface area contributed by atoms with E-state index in [-0.39, 0.29) is 36.3 Å². The van der Waals surface area contributed by atoms with E-state index in [4.69, 9.17) is 0 Å². The molecular weight excluding hydrogens is 316 g/mol. The topological polar surface area (TPSA) is 74.8 Å². The molecule has 0 bridgehead atoms. The Hall–Kier alpha value is -1.21. The SMILES string of the molecule is CC(=O)SC(=O)CN1C(=O)CCC1=O.CCN(C(C)C)C(C)C. The van der Waals surface area contributed by atoms with Crippen molar-refractivity contribution in [3.05, 3.63) is 0 Å². The Balaban J connectivity index is 0.000000468. The van der Waals surface area contributed by atoms with Crippen LogP contribution in [0.5, 0.6) is 0 Å². The number of amides is 2. The van der Waals surface area contributed by atoms with Gasteiger partial charge < -0.3 is 0 Å². The minimum absolute atomic E-state index is 0.164. The van der Waals surface area contributed by atoms with E-state index in [1.807, 2.05) is 0 Å². The van der Waals surface area contributed by atoms with Crippen molar-refractivity contribution in [2.75, 3.05) is 13.1 Å². The minimum Gasteiger partial charge on any atom is -0.299 e. The summed E-state index contributed by atoms with van der Waals surface area (Å²) in [5.41, 5.74) is 0. The van der Waals surface area contributed by atoms with Crippen molar-refractivity contribution in [1.82, 2.24) is 9.80 Å². The lowest BCUT2D eigenvalue weighted by Gasteiger charge is -2.28. The molecule has 7 heteroatoms. The van der Waals surface area contributed by atoms with Crippen LogP contribution in [-0.2, 0) is 19.2 Å². The van der Waals surface area contributed by atoms with Crippen molar-refractivity contribution in [3.8, 4) is 0 Å². The molecule has 1 aliphatic rings. The molecule has 0 spiro atoms. The van der Waals surface area contributed by atoms with Crippen LogP contribution in [0.4, 0.5) is 0 Å². The second-order valence-electron chi connectivity index (χ2n) is 5.86. The molecule has 2 amide bonds. The van der Waals surface area contributed by atoms with Gasteiger partial charge in [0.15, 0.2) is 5.12 Å². The number of hydrogen-bond acceptors (Lipinski definition) is 6. The van der Waals surface area contributed by atoms with Gasteiger partial charge in [0.05, 0.1) is 6.54 Å². The number of carbonyl (C=O) groups is 4. The van der Waals surface area contributed by atoms with E-state index in [0.717, 1.165) is 11.4 Å². The van der Waals surface area contributed by atoms with Crippen LogP contribution in [0.15, 0.2) is 0 Å². The Bertz CT molecular complexity index is 425. The normalized spacial score (nSPS) is 14.6. The molecule has 0 radical (unpaired) electrons. The van der Waals surface area contributed by atoms with Crippen LogP contribution in [0.1, 0.15) is 54.4 Å². The van der Waals surface area contributed by atoms with E-state index < -0.39 is 5.12 Å². The van der Waals surface area contributed by atoms with E-state index in [2.05, 4.69) is 39.5 Å². The molecule has 1 saturated heterocycles. The molecule has 1 heterocycles. The molecule has 0 aromatic heterocycles. The molecule has 23 heavy (non-hydrogen) atoms. The average molecular weight is 344 g/mol. The predicted octanol–water partition coefficient (Wildman–Crippen LogP) is 2.07. The molecule has 1 fully saturated rings. The fraction of sp³-hybridized carbons (Fsp3) is 0.750. The number of thioether (sulfide) groups is 1. The summed E-state index contributed by atoms with van der Waals surface area (Å²) in [6.45, 7) is 13.3. The highest BCUT2D eigenvalue weighted by Gasteiger charge is 2.30. The molecule has 0 N–H and O–H groups in total. The summed E-state index contributed by atoms with van der Waals surface area (Å²) in [6.07, 6.45) is 0.327. The molecule has 6 nitrogen and oxygen atoms in total. The Morgan fingerprint density at radius 2 is 1.52 bits per heavy atom. The molecule has 0 atom stereocenters. The summed E-state index contributed by atoms with van der Waals surface area (Å²) < 4.78 is 0. The standard InChI is InChI=1S/C8H9NO4S.C8H19N/c1-5(10)14-8(13)4-9-6(11)2-3-7(9)12;1-6-9(7(2)3)8(4)5/h2-4H2,1H3;7-8H,6H2,1-5H3. The quantitative estimate of drug-likeness (QED) is 0.711. The maximum atomic E-state index is 11.1. The number of nitrogens with zero attached hydrogens (tertiary/aromatic N) is 2. The van der Waals surface area contributed by atoms with E-state index >= 15 is 0 Å². The lowest BCUT2D eigenvalue weighted by molar-refractivity contribution is -0.140. The second kappa shape index (κ2) is 10.5. The zero-order valence-electron chi connectivity index (χ0n) is 14.9. The third-order valence-electron chi connectivity index (χ3n) is 3.39. The molecule has 0 saturated carbocycles. The maximum absolute atomic E-state index is 11.1. The van der Waals surface area contributed by atoms with Gasteiger partial charge in [-0.25, -0.2) is 0 Å². The van der Waals surface area contributed by atoms with Crippen molar-refractivity contribution in [2.45, 2.75) is 66.5 Å². The molecule has 1 aliphatic heterocycles. The van der Waals surface area contributed by atoms with Gasteiger partial charge in [0.25, 0.3) is 0 Å². The Kier molecular flexibility index (Phi) is 9.99. The Morgan fingerprint density at radius 3 is 1.78 bits per heavy atom. The van der Waals surface area contributed by atoms with Gasteiger partial charge in [0.1, 0.15) is 0 Å². The summed E-state index contributed by atoms with van der Waals surface area (Å²) >= 11 is 0.521. The fourth-order valence-corrected chi connectivity index (χ4v) is 2.96. The van der Waals surface area contributed by atoms with Gasteiger partial charge in [-0.15, -0.1) is 0 Å². The average Bonchev–Trinajstić information content (AvgIpc) is 2.70. The highest BCUT2D eigenvalue weighted by molar-refractivity contribution is 8.26.